The molecule has 1 fully saturated rings. The smallest absolute Gasteiger partial charge is 0.243 e. The molecule has 0 radical (unpaired) electrons. The quantitative estimate of drug-likeness (QED) is 0.672. The maximum Gasteiger partial charge on any atom is 0.243 e. The molecule has 2 amide bonds. The molecule has 0 saturated carbocycles. The first-order valence-electron chi connectivity index (χ1n) is 8.27. The van der Waals surface area contributed by atoms with E-state index >= 15 is 0 Å². The minimum Gasteiger partial charge on any atom is -0.347 e. The molecule has 1 aliphatic rings. The van der Waals surface area contributed by atoms with Gasteiger partial charge in [0.05, 0.1) is 24.3 Å². The van der Waals surface area contributed by atoms with Gasteiger partial charge in [-0.1, -0.05) is 0 Å². The van der Waals surface area contributed by atoms with Gasteiger partial charge in [-0.25, -0.2) is 13.2 Å². The molecule has 1 aromatic heterocycles. The molecule has 2 aromatic rings. The van der Waals surface area contributed by atoms with Crippen molar-refractivity contribution in [2.45, 2.75) is 5.92 Å². The molecule has 1 aliphatic heterocycles. The lowest BCUT2D eigenvalue weighted by atomic mass is 9.90. The average Bonchev–Trinajstić information content (AvgIpc) is 3.29. The monoisotopic (exact) mass is 381 g/mol. The molecule has 0 bridgehead atoms. The summed E-state index contributed by atoms with van der Waals surface area (Å²) in [7, 11) is 1.78. The summed E-state index contributed by atoms with van der Waals surface area (Å²) in [6, 6.07) is 1.61. The van der Waals surface area contributed by atoms with E-state index in [2.05, 4.69) is 21.0 Å². The van der Waals surface area contributed by atoms with Gasteiger partial charge >= 0.3 is 0 Å². The van der Waals surface area contributed by atoms with Crippen LogP contribution in [0.1, 0.15) is 11.5 Å². The van der Waals surface area contributed by atoms with Crippen molar-refractivity contribution in [1.82, 2.24) is 20.4 Å². The zero-order valence-electron chi connectivity index (χ0n) is 14.4. The normalized spacial score (nSPS) is 19.1. The third-order valence-electron chi connectivity index (χ3n) is 4.44. The molecular formula is C17H18F3N5O2. The third kappa shape index (κ3) is 4.11. The van der Waals surface area contributed by atoms with Gasteiger partial charge in [0.2, 0.25) is 11.8 Å². The van der Waals surface area contributed by atoms with Crippen LogP contribution in [0.5, 0.6) is 0 Å². The molecule has 2 heterocycles. The van der Waals surface area contributed by atoms with E-state index in [4.69, 9.17) is 0 Å². The van der Waals surface area contributed by atoms with Crippen molar-refractivity contribution in [3.05, 3.63) is 47.5 Å². The highest BCUT2D eigenvalue weighted by atomic mass is 19.2. The number of carbonyl (C=O) groups is 2. The Morgan fingerprint density at radius 2 is 2.04 bits per heavy atom. The van der Waals surface area contributed by atoms with Crippen LogP contribution in [-0.2, 0) is 16.6 Å². The van der Waals surface area contributed by atoms with Gasteiger partial charge in [0.15, 0.2) is 17.5 Å². The van der Waals surface area contributed by atoms with Crippen LogP contribution in [0.4, 0.5) is 18.9 Å². The highest BCUT2D eigenvalue weighted by Gasteiger charge is 2.34. The Morgan fingerprint density at radius 3 is 2.74 bits per heavy atom. The van der Waals surface area contributed by atoms with Gasteiger partial charge in [0, 0.05) is 32.3 Å². The molecule has 27 heavy (non-hydrogen) atoms. The minimum atomic E-state index is -1.67. The van der Waals surface area contributed by atoms with Crippen molar-refractivity contribution in [2.24, 2.45) is 13.0 Å². The molecule has 0 unspecified atom stereocenters. The molecule has 3 N–H and O–H groups in total. The van der Waals surface area contributed by atoms with Crippen LogP contribution < -0.4 is 16.0 Å². The van der Waals surface area contributed by atoms with E-state index in [0.717, 1.165) is 11.6 Å². The summed E-state index contributed by atoms with van der Waals surface area (Å²) in [6.45, 7) is 0.633. The van der Waals surface area contributed by atoms with Crippen molar-refractivity contribution >= 4 is 17.5 Å². The van der Waals surface area contributed by atoms with Crippen LogP contribution in [0.25, 0.3) is 0 Å². The minimum absolute atomic E-state index is 0.0783. The predicted octanol–water partition coefficient (Wildman–Crippen LogP) is 0.895. The van der Waals surface area contributed by atoms with E-state index in [1.165, 1.54) is 0 Å². The maximum absolute atomic E-state index is 13.6. The first kappa shape index (κ1) is 18.9. The Balaban J connectivity index is 1.57. The highest BCUT2D eigenvalue weighted by Crippen LogP contribution is 2.27. The van der Waals surface area contributed by atoms with E-state index in [1.807, 2.05) is 6.20 Å². The second-order valence-corrected chi connectivity index (χ2v) is 6.31. The van der Waals surface area contributed by atoms with Gasteiger partial charge in [0.1, 0.15) is 0 Å². The van der Waals surface area contributed by atoms with E-state index in [1.54, 1.807) is 17.9 Å². The van der Waals surface area contributed by atoms with Gasteiger partial charge < -0.3 is 16.0 Å². The average molecular weight is 381 g/mol. The first-order valence-corrected chi connectivity index (χ1v) is 8.27. The molecule has 0 aliphatic carbocycles. The van der Waals surface area contributed by atoms with Gasteiger partial charge in [0.25, 0.3) is 0 Å². The fraction of sp³-hybridized carbons (Fsp3) is 0.353. The van der Waals surface area contributed by atoms with E-state index in [-0.39, 0.29) is 17.7 Å². The van der Waals surface area contributed by atoms with Gasteiger partial charge in [-0.15, -0.1) is 0 Å². The fourth-order valence-electron chi connectivity index (χ4n) is 3.05. The summed E-state index contributed by atoms with van der Waals surface area (Å²) in [5.41, 5.74) is 0.417. The number of aromatic nitrogens is 2. The molecule has 3 rings (SSSR count). The number of aryl methyl sites for hydroxylation is 1. The lowest BCUT2D eigenvalue weighted by molar-refractivity contribution is -0.127. The number of hydrogen-bond donors (Lipinski definition) is 3. The van der Waals surface area contributed by atoms with Crippen LogP contribution in [-0.4, -0.2) is 41.2 Å². The number of benzene rings is 1. The number of halogens is 3. The zero-order valence-corrected chi connectivity index (χ0v) is 14.4. The van der Waals surface area contributed by atoms with Crippen LogP contribution in [0.2, 0.25) is 0 Å². The molecule has 144 valence electrons. The largest absolute Gasteiger partial charge is 0.347 e. The topological polar surface area (TPSA) is 88.0 Å². The van der Waals surface area contributed by atoms with E-state index in [9.17, 15) is 22.8 Å². The Morgan fingerprint density at radius 1 is 1.26 bits per heavy atom. The summed E-state index contributed by atoms with van der Waals surface area (Å²) in [5, 5.41) is 11.8. The number of hydrogen-bond acceptors (Lipinski definition) is 4. The number of nitrogens with one attached hydrogen (secondary N) is 3. The molecule has 1 saturated heterocycles. The van der Waals surface area contributed by atoms with Gasteiger partial charge in [-0.2, -0.15) is 5.10 Å². The molecule has 1 aromatic carbocycles. The van der Waals surface area contributed by atoms with Gasteiger partial charge in [-0.05, 0) is 17.7 Å². The summed E-state index contributed by atoms with van der Waals surface area (Å²) < 4.78 is 41.3. The lowest BCUT2D eigenvalue weighted by Crippen LogP contribution is -2.39. The van der Waals surface area contributed by atoms with Crippen molar-refractivity contribution in [3.8, 4) is 0 Å². The molecule has 2 atom stereocenters. The fourth-order valence-corrected chi connectivity index (χ4v) is 3.05. The SMILES string of the molecule is Cn1cc([C@H]2CNC[C@@H]2C(=O)NCC(=O)Nc2ccc(F)c(F)c2F)cn1. The summed E-state index contributed by atoms with van der Waals surface area (Å²) in [5.74, 6) is -6.08. The number of carbonyl (C=O) groups excluding carboxylic acids is 2. The van der Waals surface area contributed by atoms with Crippen LogP contribution >= 0.6 is 0 Å². The van der Waals surface area contributed by atoms with Crippen molar-refractivity contribution in [3.63, 3.8) is 0 Å². The third-order valence-corrected chi connectivity index (χ3v) is 4.44. The second kappa shape index (κ2) is 7.78. The number of anilines is 1. The molecular weight excluding hydrogens is 363 g/mol. The number of nitrogens with zero attached hydrogens (tertiary/aromatic N) is 2. The van der Waals surface area contributed by atoms with Crippen molar-refractivity contribution in [1.29, 1.82) is 0 Å². The van der Waals surface area contributed by atoms with Crippen molar-refractivity contribution < 1.29 is 22.8 Å². The van der Waals surface area contributed by atoms with Crippen LogP contribution in [0.3, 0.4) is 0 Å². The lowest BCUT2D eigenvalue weighted by Gasteiger charge is -2.17. The van der Waals surface area contributed by atoms with Crippen LogP contribution in [0, 0.1) is 23.4 Å². The summed E-state index contributed by atoms with van der Waals surface area (Å²) in [4.78, 5) is 24.3. The standard InChI is InChI=1S/C17H18F3N5O2/c1-25-8-9(4-23-25)10-5-21-6-11(10)17(27)22-7-14(26)24-13-3-2-12(18)15(19)16(13)20/h2-4,8,10-11,21H,5-7H2,1H3,(H,22,27)(H,24,26)/t10-,11+/m1/s1. The Kier molecular flexibility index (Phi) is 5.45. The Hall–Kier alpha value is -2.88. The van der Waals surface area contributed by atoms with E-state index in [0.29, 0.717) is 19.2 Å². The zero-order chi connectivity index (χ0) is 19.6. The molecule has 0 spiro atoms. The Bertz CT molecular complexity index is 870. The predicted molar refractivity (Wildman–Crippen MR) is 90.3 cm³/mol. The van der Waals surface area contributed by atoms with Gasteiger partial charge in [-0.3, -0.25) is 14.3 Å². The highest BCUT2D eigenvalue weighted by molar-refractivity contribution is 5.95. The van der Waals surface area contributed by atoms with Crippen molar-refractivity contribution in [2.75, 3.05) is 25.0 Å². The first-order chi connectivity index (χ1) is 12.9. The summed E-state index contributed by atoms with van der Waals surface area (Å²) >= 11 is 0. The Labute approximate surface area is 152 Å². The van der Waals surface area contributed by atoms with Crippen LogP contribution in [0.15, 0.2) is 24.5 Å². The second-order valence-electron chi connectivity index (χ2n) is 6.31. The number of rotatable bonds is 5. The molecule has 10 heteroatoms. The number of amides is 2. The maximum atomic E-state index is 13.6. The molecule has 7 nitrogen and oxygen atoms in total. The summed E-state index contributed by atoms with van der Waals surface area (Å²) in [6.07, 6.45) is 3.52. The van der Waals surface area contributed by atoms with E-state index < -0.39 is 35.6 Å².